The summed E-state index contributed by atoms with van der Waals surface area (Å²) in [4.78, 5) is 2.26. The molecule has 2 atom stereocenters. The van der Waals surface area contributed by atoms with Gasteiger partial charge in [0.15, 0.2) is 5.88 Å². The van der Waals surface area contributed by atoms with Gasteiger partial charge in [-0.1, -0.05) is 31.3 Å². The molecule has 1 rings (SSSR count). The van der Waals surface area contributed by atoms with Gasteiger partial charge in [0, 0.05) is 17.8 Å². The van der Waals surface area contributed by atoms with Crippen molar-refractivity contribution < 1.29 is 9.47 Å². The number of rotatable bonds is 8. The van der Waals surface area contributed by atoms with Crippen molar-refractivity contribution in [2.45, 2.75) is 57.4 Å². The summed E-state index contributed by atoms with van der Waals surface area (Å²) in [5, 5.41) is 1.26. The third-order valence-electron chi connectivity index (χ3n) is 3.25. The highest BCUT2D eigenvalue weighted by molar-refractivity contribution is 8.03. The zero-order valence-corrected chi connectivity index (χ0v) is 14.7. The number of nitrogens with zero attached hydrogens (tertiary/aromatic N) is 1. The highest BCUT2D eigenvalue weighted by atomic mass is 32.2. The molecule has 4 heteroatoms. The van der Waals surface area contributed by atoms with Crippen molar-refractivity contribution in [3.8, 4) is 0 Å². The third-order valence-corrected chi connectivity index (χ3v) is 4.27. The molecule has 0 radical (unpaired) electrons. The maximum atomic E-state index is 5.81. The lowest BCUT2D eigenvalue weighted by molar-refractivity contribution is 0.0700. The fraction of sp³-hybridized carbons (Fsp3) is 0.647. The molecule has 0 saturated carbocycles. The minimum atomic E-state index is -0.191. The van der Waals surface area contributed by atoms with Crippen LogP contribution in [-0.2, 0) is 9.47 Å². The van der Waals surface area contributed by atoms with Crippen molar-refractivity contribution >= 4 is 11.8 Å². The van der Waals surface area contributed by atoms with E-state index >= 15 is 0 Å². The molecule has 0 aliphatic carbocycles. The standard InChI is InChI=1S/C17H29NO2S/c1-8-10-19-13(3)18-12-16(11-15(18)9-2)21-14(4)20-17(5,6)7/h8,15-16H,1,3-4,9-12H2,2,5-7H3/t15-,16?/m1/s1. The Morgan fingerprint density at radius 2 is 2.05 bits per heavy atom. The van der Waals surface area contributed by atoms with Crippen LogP contribution in [0.4, 0.5) is 0 Å². The molecule has 1 saturated heterocycles. The smallest absolute Gasteiger partial charge is 0.182 e. The van der Waals surface area contributed by atoms with Crippen LogP contribution in [0, 0.1) is 0 Å². The Morgan fingerprint density at radius 3 is 2.57 bits per heavy atom. The van der Waals surface area contributed by atoms with E-state index in [1.54, 1.807) is 17.8 Å². The molecule has 0 aromatic rings. The van der Waals surface area contributed by atoms with Gasteiger partial charge in [0.1, 0.15) is 17.3 Å². The molecule has 0 aromatic carbocycles. The van der Waals surface area contributed by atoms with E-state index in [9.17, 15) is 0 Å². The second kappa shape index (κ2) is 7.83. The van der Waals surface area contributed by atoms with Gasteiger partial charge in [0.05, 0.1) is 0 Å². The van der Waals surface area contributed by atoms with Crippen molar-refractivity contribution in [2.75, 3.05) is 13.2 Å². The Balaban J connectivity index is 2.54. The van der Waals surface area contributed by atoms with Gasteiger partial charge in [0.25, 0.3) is 0 Å². The zero-order valence-electron chi connectivity index (χ0n) is 13.9. The summed E-state index contributed by atoms with van der Waals surface area (Å²) in [6.45, 7) is 21.5. The predicted molar refractivity (Wildman–Crippen MR) is 92.0 cm³/mol. The lowest BCUT2D eigenvalue weighted by Crippen LogP contribution is -2.29. The first-order chi connectivity index (χ1) is 9.76. The van der Waals surface area contributed by atoms with Crippen LogP contribution in [0.3, 0.4) is 0 Å². The fourth-order valence-electron chi connectivity index (χ4n) is 2.44. The van der Waals surface area contributed by atoms with Gasteiger partial charge in [-0.15, -0.1) is 0 Å². The van der Waals surface area contributed by atoms with E-state index in [-0.39, 0.29) is 5.60 Å². The van der Waals surface area contributed by atoms with Crippen molar-refractivity contribution in [3.05, 3.63) is 36.8 Å². The number of likely N-dealkylation sites (tertiary alicyclic amines) is 1. The maximum Gasteiger partial charge on any atom is 0.182 e. The molecule has 1 heterocycles. The van der Waals surface area contributed by atoms with Crippen LogP contribution in [0.15, 0.2) is 36.8 Å². The fourth-order valence-corrected chi connectivity index (χ4v) is 3.66. The summed E-state index contributed by atoms with van der Waals surface area (Å²) in [6, 6.07) is 0.474. The van der Waals surface area contributed by atoms with Crippen molar-refractivity contribution in [2.24, 2.45) is 0 Å². The minimum absolute atomic E-state index is 0.191. The Hall–Kier alpha value is -1.03. The van der Waals surface area contributed by atoms with Crippen molar-refractivity contribution in [3.63, 3.8) is 0 Å². The molecule has 0 aromatic heterocycles. The predicted octanol–water partition coefficient (Wildman–Crippen LogP) is 4.53. The van der Waals surface area contributed by atoms with Gasteiger partial charge < -0.3 is 14.4 Å². The van der Waals surface area contributed by atoms with E-state index in [1.165, 1.54) is 0 Å². The number of hydrogen-bond acceptors (Lipinski definition) is 4. The van der Waals surface area contributed by atoms with Crippen LogP contribution in [0.5, 0.6) is 0 Å². The summed E-state index contributed by atoms with van der Waals surface area (Å²) < 4.78 is 11.4. The van der Waals surface area contributed by atoms with Crippen LogP contribution < -0.4 is 0 Å². The van der Waals surface area contributed by atoms with Gasteiger partial charge in [-0.05, 0) is 46.8 Å². The molecule has 120 valence electrons. The molecule has 1 aliphatic heterocycles. The lowest BCUT2D eigenvalue weighted by atomic mass is 10.2. The number of hydrogen-bond donors (Lipinski definition) is 0. The van der Waals surface area contributed by atoms with E-state index in [0.717, 1.165) is 30.4 Å². The second-order valence-electron chi connectivity index (χ2n) is 6.27. The average Bonchev–Trinajstić information content (AvgIpc) is 2.76. The highest BCUT2D eigenvalue weighted by Crippen LogP contribution is 2.36. The monoisotopic (exact) mass is 311 g/mol. The quantitative estimate of drug-likeness (QED) is 0.485. The number of thioether (sulfide) groups is 1. The largest absolute Gasteiger partial charge is 0.483 e. The first kappa shape index (κ1) is 18.0. The summed E-state index contributed by atoms with van der Waals surface area (Å²) in [7, 11) is 0. The SMILES string of the molecule is C=CCOC(=C)N1CC(SC(=C)OC(C)(C)C)C[C@H]1CC. The van der Waals surface area contributed by atoms with Gasteiger partial charge >= 0.3 is 0 Å². The van der Waals surface area contributed by atoms with Gasteiger partial charge in [-0.25, -0.2) is 0 Å². The van der Waals surface area contributed by atoms with Crippen molar-refractivity contribution in [1.82, 2.24) is 4.90 Å². The molecular weight excluding hydrogens is 282 g/mol. The molecule has 3 nitrogen and oxygen atoms in total. The molecule has 0 N–H and O–H groups in total. The van der Waals surface area contributed by atoms with E-state index in [0.29, 0.717) is 17.9 Å². The second-order valence-corrected chi connectivity index (χ2v) is 7.63. The Morgan fingerprint density at radius 1 is 1.38 bits per heavy atom. The van der Waals surface area contributed by atoms with E-state index in [2.05, 4.69) is 31.6 Å². The summed E-state index contributed by atoms with van der Waals surface area (Å²) in [5.74, 6) is 0.743. The molecule has 0 bridgehead atoms. The van der Waals surface area contributed by atoms with E-state index in [1.807, 2.05) is 20.8 Å². The van der Waals surface area contributed by atoms with Crippen LogP contribution in [-0.4, -0.2) is 34.9 Å². The minimum Gasteiger partial charge on any atom is -0.483 e. The molecule has 0 amide bonds. The van der Waals surface area contributed by atoms with Gasteiger partial charge in [-0.2, -0.15) is 0 Å². The Labute approximate surface area is 134 Å². The van der Waals surface area contributed by atoms with E-state index in [4.69, 9.17) is 9.47 Å². The molecule has 1 unspecified atom stereocenters. The summed E-state index contributed by atoms with van der Waals surface area (Å²) in [5.41, 5.74) is -0.191. The normalized spacial score (nSPS) is 22.0. The van der Waals surface area contributed by atoms with Gasteiger partial charge in [-0.3, -0.25) is 0 Å². The van der Waals surface area contributed by atoms with Gasteiger partial charge in [0.2, 0.25) is 0 Å². The highest BCUT2D eigenvalue weighted by Gasteiger charge is 2.33. The van der Waals surface area contributed by atoms with Crippen LogP contribution in [0.1, 0.15) is 40.5 Å². The Bertz CT molecular complexity index is 387. The first-order valence-corrected chi connectivity index (χ1v) is 8.38. The lowest BCUT2D eigenvalue weighted by Gasteiger charge is -2.27. The van der Waals surface area contributed by atoms with Crippen LogP contribution >= 0.6 is 11.8 Å². The topological polar surface area (TPSA) is 21.7 Å². The van der Waals surface area contributed by atoms with Crippen LogP contribution in [0.2, 0.25) is 0 Å². The van der Waals surface area contributed by atoms with Crippen molar-refractivity contribution in [1.29, 1.82) is 0 Å². The third kappa shape index (κ3) is 6.08. The van der Waals surface area contributed by atoms with Crippen LogP contribution in [0.25, 0.3) is 0 Å². The molecular formula is C17H29NO2S. The van der Waals surface area contributed by atoms with E-state index < -0.39 is 0 Å². The first-order valence-electron chi connectivity index (χ1n) is 7.50. The maximum absolute atomic E-state index is 5.81. The number of ether oxygens (including phenoxy) is 2. The molecule has 21 heavy (non-hydrogen) atoms. The average molecular weight is 311 g/mol. The summed E-state index contributed by atoms with van der Waals surface area (Å²) >= 11 is 1.72. The summed E-state index contributed by atoms with van der Waals surface area (Å²) in [6.07, 6.45) is 3.93. The molecule has 1 aliphatic rings. The molecule has 0 spiro atoms. The zero-order chi connectivity index (χ0) is 16.0. The molecule has 1 fully saturated rings. The Kier molecular flexibility index (Phi) is 6.72.